The van der Waals surface area contributed by atoms with Crippen molar-refractivity contribution >= 4 is 5.96 Å². The van der Waals surface area contributed by atoms with E-state index < -0.39 is 11.7 Å². The summed E-state index contributed by atoms with van der Waals surface area (Å²) in [6, 6.07) is 15.6. The lowest BCUT2D eigenvalue weighted by Crippen LogP contribution is -2.46. The zero-order valence-corrected chi connectivity index (χ0v) is 17.0. The van der Waals surface area contributed by atoms with Crippen LogP contribution in [0.1, 0.15) is 22.7 Å². The Morgan fingerprint density at radius 3 is 2.30 bits per heavy atom. The molecule has 3 rings (SSSR count). The van der Waals surface area contributed by atoms with Gasteiger partial charge in [0.15, 0.2) is 5.96 Å². The van der Waals surface area contributed by atoms with Gasteiger partial charge in [-0.15, -0.1) is 0 Å². The lowest BCUT2D eigenvalue weighted by atomic mass is 10.0. The normalized spacial score (nSPS) is 16.9. The summed E-state index contributed by atoms with van der Waals surface area (Å²) in [6.07, 6.45) is -4.32. The van der Waals surface area contributed by atoms with Gasteiger partial charge in [-0.3, -0.25) is 9.89 Å². The number of rotatable bonds is 6. The zero-order chi connectivity index (χ0) is 21.4. The van der Waals surface area contributed by atoms with Gasteiger partial charge in [-0.25, -0.2) is 0 Å². The second-order valence-corrected chi connectivity index (χ2v) is 7.08. The highest BCUT2D eigenvalue weighted by molar-refractivity contribution is 5.79. The molecule has 0 radical (unpaired) electrons. The van der Waals surface area contributed by atoms with Crippen LogP contribution < -0.4 is 10.6 Å². The predicted molar refractivity (Wildman–Crippen MR) is 111 cm³/mol. The van der Waals surface area contributed by atoms with Gasteiger partial charge in [0, 0.05) is 33.2 Å². The van der Waals surface area contributed by atoms with E-state index in [1.165, 1.54) is 17.7 Å². The molecule has 2 aromatic carbocycles. The Labute approximate surface area is 174 Å². The molecule has 8 heteroatoms. The van der Waals surface area contributed by atoms with Crippen LogP contribution in [0.25, 0.3) is 0 Å². The molecule has 1 saturated heterocycles. The average molecular weight is 420 g/mol. The fraction of sp³-hybridized carbons (Fsp3) is 0.409. The largest absolute Gasteiger partial charge is 0.416 e. The van der Waals surface area contributed by atoms with E-state index in [1.807, 2.05) is 18.2 Å². The maximum absolute atomic E-state index is 12.7. The number of halogens is 3. The number of morpholine rings is 1. The lowest BCUT2D eigenvalue weighted by Gasteiger charge is -2.35. The van der Waals surface area contributed by atoms with Crippen molar-refractivity contribution in [2.45, 2.75) is 18.8 Å². The summed E-state index contributed by atoms with van der Waals surface area (Å²) in [6.45, 7) is 4.17. The average Bonchev–Trinajstić information content (AvgIpc) is 2.77. The first-order valence-corrected chi connectivity index (χ1v) is 9.95. The van der Waals surface area contributed by atoms with Crippen LogP contribution in [0.4, 0.5) is 13.2 Å². The van der Waals surface area contributed by atoms with Crippen LogP contribution in [0, 0.1) is 0 Å². The quantitative estimate of drug-likeness (QED) is 0.555. The summed E-state index contributed by atoms with van der Waals surface area (Å²) in [4.78, 5) is 6.63. The van der Waals surface area contributed by atoms with Crippen LogP contribution in [0.5, 0.6) is 0 Å². The minimum absolute atomic E-state index is 0.166. The molecule has 0 aliphatic carbocycles. The Morgan fingerprint density at radius 1 is 1.03 bits per heavy atom. The summed E-state index contributed by atoms with van der Waals surface area (Å²) in [7, 11) is 1.67. The number of ether oxygens (including phenoxy) is 1. The van der Waals surface area contributed by atoms with E-state index in [-0.39, 0.29) is 6.04 Å². The highest BCUT2D eigenvalue weighted by Crippen LogP contribution is 2.29. The van der Waals surface area contributed by atoms with Crippen LogP contribution in [0.15, 0.2) is 59.6 Å². The molecular formula is C22H27F3N4O. The van der Waals surface area contributed by atoms with Crippen LogP contribution in [0.3, 0.4) is 0 Å². The number of nitrogens with one attached hydrogen (secondary N) is 2. The van der Waals surface area contributed by atoms with Crippen molar-refractivity contribution in [3.05, 3.63) is 71.3 Å². The topological polar surface area (TPSA) is 48.9 Å². The molecule has 1 fully saturated rings. The van der Waals surface area contributed by atoms with E-state index >= 15 is 0 Å². The Hall–Kier alpha value is -2.58. The van der Waals surface area contributed by atoms with Gasteiger partial charge in [0.2, 0.25) is 0 Å². The number of aliphatic imine (C=N–C) groups is 1. The maximum Gasteiger partial charge on any atom is 0.416 e. The minimum Gasteiger partial charge on any atom is -0.379 e. The Bertz CT molecular complexity index is 803. The first-order valence-electron chi connectivity index (χ1n) is 9.95. The molecule has 2 aromatic rings. The van der Waals surface area contributed by atoms with Crippen LogP contribution in [-0.2, 0) is 17.5 Å². The van der Waals surface area contributed by atoms with Gasteiger partial charge in [0.25, 0.3) is 0 Å². The van der Waals surface area contributed by atoms with Crippen LogP contribution in [0.2, 0.25) is 0 Å². The lowest BCUT2D eigenvalue weighted by molar-refractivity contribution is -0.137. The molecule has 2 N–H and O–H groups in total. The van der Waals surface area contributed by atoms with E-state index in [0.717, 1.165) is 30.8 Å². The summed E-state index contributed by atoms with van der Waals surface area (Å²) in [5.74, 6) is 0.601. The highest BCUT2D eigenvalue weighted by atomic mass is 19.4. The number of guanidine groups is 1. The third-order valence-electron chi connectivity index (χ3n) is 5.10. The van der Waals surface area contributed by atoms with Gasteiger partial charge >= 0.3 is 6.18 Å². The molecule has 30 heavy (non-hydrogen) atoms. The van der Waals surface area contributed by atoms with Crippen molar-refractivity contribution in [2.75, 3.05) is 39.9 Å². The van der Waals surface area contributed by atoms with Gasteiger partial charge in [-0.05, 0) is 23.3 Å². The highest BCUT2D eigenvalue weighted by Gasteiger charge is 2.30. The summed E-state index contributed by atoms with van der Waals surface area (Å²) in [5.41, 5.74) is 1.31. The first kappa shape index (κ1) is 22.1. The molecule has 0 spiro atoms. The molecular weight excluding hydrogens is 393 g/mol. The molecule has 0 aromatic heterocycles. The number of hydrogen-bond acceptors (Lipinski definition) is 3. The molecule has 1 aliphatic rings. The molecule has 1 atom stereocenters. The van der Waals surface area contributed by atoms with Gasteiger partial charge in [-0.2, -0.15) is 13.2 Å². The Balaban J connectivity index is 1.58. The summed E-state index contributed by atoms with van der Waals surface area (Å²) >= 11 is 0. The third kappa shape index (κ3) is 6.21. The SMILES string of the molecule is CN=C(NCc1ccc(C(F)(F)F)cc1)NCC(c1ccccc1)N1CCOCC1. The number of benzene rings is 2. The summed E-state index contributed by atoms with van der Waals surface area (Å²) in [5, 5.41) is 6.52. The van der Waals surface area contributed by atoms with Crippen molar-refractivity contribution in [1.82, 2.24) is 15.5 Å². The second kappa shape index (κ2) is 10.4. The molecule has 5 nitrogen and oxygen atoms in total. The van der Waals surface area contributed by atoms with Crippen molar-refractivity contribution in [3.8, 4) is 0 Å². The number of nitrogens with zero attached hydrogens (tertiary/aromatic N) is 2. The van der Waals surface area contributed by atoms with Gasteiger partial charge < -0.3 is 15.4 Å². The molecule has 0 saturated carbocycles. The van der Waals surface area contributed by atoms with E-state index in [9.17, 15) is 13.2 Å². The Morgan fingerprint density at radius 2 is 1.70 bits per heavy atom. The standard InChI is InChI=1S/C22H27F3N4O/c1-26-21(27-15-17-7-9-19(10-8-17)22(23,24)25)28-16-20(18-5-3-2-4-6-18)29-11-13-30-14-12-29/h2-10,20H,11-16H2,1H3,(H2,26,27,28). The van der Waals surface area contributed by atoms with E-state index in [2.05, 4.69) is 32.7 Å². The number of hydrogen-bond donors (Lipinski definition) is 2. The van der Waals surface area contributed by atoms with Gasteiger partial charge in [0.05, 0.1) is 24.8 Å². The van der Waals surface area contributed by atoms with E-state index in [0.29, 0.717) is 32.3 Å². The number of alkyl halides is 3. The maximum atomic E-state index is 12.7. The smallest absolute Gasteiger partial charge is 0.379 e. The zero-order valence-electron chi connectivity index (χ0n) is 17.0. The molecule has 0 amide bonds. The molecule has 0 bridgehead atoms. The fourth-order valence-corrected chi connectivity index (χ4v) is 3.43. The third-order valence-corrected chi connectivity index (χ3v) is 5.10. The van der Waals surface area contributed by atoms with E-state index in [4.69, 9.17) is 4.74 Å². The monoisotopic (exact) mass is 420 g/mol. The van der Waals surface area contributed by atoms with Crippen molar-refractivity contribution < 1.29 is 17.9 Å². The first-order chi connectivity index (χ1) is 14.5. The van der Waals surface area contributed by atoms with Crippen molar-refractivity contribution in [1.29, 1.82) is 0 Å². The fourth-order valence-electron chi connectivity index (χ4n) is 3.43. The minimum atomic E-state index is -4.32. The molecule has 1 heterocycles. The molecule has 162 valence electrons. The second-order valence-electron chi connectivity index (χ2n) is 7.08. The molecule has 1 aliphatic heterocycles. The van der Waals surface area contributed by atoms with Crippen LogP contribution >= 0.6 is 0 Å². The predicted octanol–water partition coefficient (Wildman–Crippen LogP) is 3.44. The molecule has 1 unspecified atom stereocenters. The van der Waals surface area contributed by atoms with Gasteiger partial charge in [-0.1, -0.05) is 42.5 Å². The van der Waals surface area contributed by atoms with Crippen LogP contribution in [-0.4, -0.2) is 50.8 Å². The van der Waals surface area contributed by atoms with Gasteiger partial charge in [0.1, 0.15) is 0 Å². The van der Waals surface area contributed by atoms with Crippen molar-refractivity contribution in [3.63, 3.8) is 0 Å². The van der Waals surface area contributed by atoms with Crippen molar-refractivity contribution in [2.24, 2.45) is 4.99 Å². The Kier molecular flexibility index (Phi) is 7.70. The van der Waals surface area contributed by atoms with E-state index in [1.54, 1.807) is 7.05 Å². The summed E-state index contributed by atoms with van der Waals surface area (Å²) < 4.78 is 43.6.